The highest BCUT2D eigenvalue weighted by atomic mass is 16.5. The van der Waals surface area contributed by atoms with Gasteiger partial charge in [-0.15, -0.1) is 0 Å². The molecule has 0 bridgehead atoms. The zero-order chi connectivity index (χ0) is 15.4. The number of hydrogen-bond donors (Lipinski definition) is 1. The summed E-state index contributed by atoms with van der Waals surface area (Å²) in [5.74, 6) is 1.87. The van der Waals surface area contributed by atoms with Crippen molar-refractivity contribution >= 4 is 16.9 Å². The number of hydrogen-bond acceptors (Lipinski definition) is 3. The summed E-state index contributed by atoms with van der Waals surface area (Å²) >= 11 is 0. The third kappa shape index (κ3) is 3.78. The third-order valence-corrected chi connectivity index (χ3v) is 3.22. The number of rotatable bonds is 6. The van der Waals surface area contributed by atoms with E-state index in [0.717, 1.165) is 22.5 Å². The second-order valence-corrected chi connectivity index (χ2v) is 5.64. The van der Waals surface area contributed by atoms with E-state index in [9.17, 15) is 4.79 Å². The van der Waals surface area contributed by atoms with E-state index in [1.807, 2.05) is 52.0 Å². The maximum absolute atomic E-state index is 11.8. The van der Waals surface area contributed by atoms with E-state index in [1.54, 1.807) is 0 Å². The Morgan fingerprint density at radius 3 is 2.76 bits per heavy atom. The van der Waals surface area contributed by atoms with Gasteiger partial charge in [0.15, 0.2) is 11.3 Å². The Kier molecular flexibility index (Phi) is 4.89. The van der Waals surface area contributed by atoms with Crippen molar-refractivity contribution in [2.45, 2.75) is 40.2 Å². The fraction of sp³-hybridized carbons (Fsp3) is 0.471. The van der Waals surface area contributed by atoms with Crippen LogP contribution in [0.2, 0.25) is 0 Å². The number of ether oxygens (including phenoxy) is 1. The number of para-hydroxylation sites is 1. The minimum absolute atomic E-state index is 0.0444. The SMILES string of the molecule is CCOc1cccc2cc(C(C)NC(=O)CC(C)C)oc12. The second kappa shape index (κ2) is 6.66. The van der Waals surface area contributed by atoms with Crippen molar-refractivity contribution in [3.8, 4) is 5.75 Å². The molecule has 0 radical (unpaired) electrons. The quantitative estimate of drug-likeness (QED) is 0.872. The predicted octanol–water partition coefficient (Wildman–Crippen LogP) is 4.05. The Morgan fingerprint density at radius 2 is 2.10 bits per heavy atom. The minimum atomic E-state index is -0.155. The van der Waals surface area contributed by atoms with Crippen LogP contribution in [0.4, 0.5) is 0 Å². The molecular formula is C17H23NO3. The predicted molar refractivity (Wildman–Crippen MR) is 83.4 cm³/mol. The van der Waals surface area contributed by atoms with Crippen LogP contribution in [0, 0.1) is 5.92 Å². The molecule has 1 amide bonds. The molecular weight excluding hydrogens is 266 g/mol. The Balaban J connectivity index is 2.18. The van der Waals surface area contributed by atoms with Gasteiger partial charge in [-0.2, -0.15) is 0 Å². The van der Waals surface area contributed by atoms with Crippen LogP contribution in [-0.4, -0.2) is 12.5 Å². The van der Waals surface area contributed by atoms with E-state index in [2.05, 4.69) is 5.32 Å². The zero-order valence-corrected chi connectivity index (χ0v) is 13.1. The number of furan rings is 1. The first-order valence-corrected chi connectivity index (χ1v) is 7.45. The first kappa shape index (κ1) is 15.4. The monoisotopic (exact) mass is 289 g/mol. The molecule has 114 valence electrons. The largest absolute Gasteiger partial charge is 0.490 e. The molecule has 0 saturated carbocycles. The van der Waals surface area contributed by atoms with Crippen LogP contribution in [0.15, 0.2) is 28.7 Å². The lowest BCUT2D eigenvalue weighted by Gasteiger charge is -2.12. The molecule has 0 aliphatic heterocycles. The van der Waals surface area contributed by atoms with E-state index in [-0.39, 0.29) is 11.9 Å². The molecule has 1 unspecified atom stereocenters. The molecule has 0 spiro atoms. The average Bonchev–Trinajstić information content (AvgIpc) is 2.83. The van der Waals surface area contributed by atoms with Crippen LogP contribution < -0.4 is 10.1 Å². The van der Waals surface area contributed by atoms with Gasteiger partial charge in [0, 0.05) is 11.8 Å². The molecule has 4 nitrogen and oxygen atoms in total. The number of fused-ring (bicyclic) bond motifs is 1. The van der Waals surface area contributed by atoms with Crippen LogP contribution >= 0.6 is 0 Å². The highest BCUT2D eigenvalue weighted by Crippen LogP contribution is 2.31. The maximum Gasteiger partial charge on any atom is 0.220 e. The fourth-order valence-electron chi connectivity index (χ4n) is 2.28. The molecule has 0 aliphatic carbocycles. The zero-order valence-electron chi connectivity index (χ0n) is 13.1. The van der Waals surface area contributed by atoms with Gasteiger partial charge in [-0.1, -0.05) is 26.0 Å². The molecule has 1 N–H and O–H groups in total. The lowest BCUT2D eigenvalue weighted by Crippen LogP contribution is -2.27. The molecule has 1 atom stereocenters. The molecule has 1 aromatic heterocycles. The number of carbonyl (C=O) groups is 1. The van der Waals surface area contributed by atoms with Gasteiger partial charge in [0.2, 0.25) is 5.91 Å². The van der Waals surface area contributed by atoms with Gasteiger partial charge in [-0.25, -0.2) is 0 Å². The van der Waals surface area contributed by atoms with Gasteiger partial charge >= 0.3 is 0 Å². The van der Waals surface area contributed by atoms with Crippen molar-refractivity contribution in [1.29, 1.82) is 0 Å². The smallest absolute Gasteiger partial charge is 0.220 e. The molecule has 0 saturated heterocycles. The van der Waals surface area contributed by atoms with Crippen LogP contribution in [-0.2, 0) is 4.79 Å². The normalized spacial score (nSPS) is 12.6. The Hall–Kier alpha value is -1.97. The van der Waals surface area contributed by atoms with Gasteiger partial charge in [0.25, 0.3) is 0 Å². The Labute approximate surface area is 125 Å². The summed E-state index contributed by atoms with van der Waals surface area (Å²) in [6, 6.07) is 7.61. The van der Waals surface area contributed by atoms with Crippen molar-refractivity contribution in [3.63, 3.8) is 0 Å². The summed E-state index contributed by atoms with van der Waals surface area (Å²) < 4.78 is 11.4. The molecule has 4 heteroatoms. The van der Waals surface area contributed by atoms with Gasteiger partial charge in [-0.05, 0) is 31.9 Å². The summed E-state index contributed by atoms with van der Waals surface area (Å²) in [4.78, 5) is 11.8. The topological polar surface area (TPSA) is 51.5 Å². The molecule has 0 aliphatic rings. The van der Waals surface area contributed by atoms with Crippen LogP contribution in [0.5, 0.6) is 5.75 Å². The van der Waals surface area contributed by atoms with E-state index >= 15 is 0 Å². The molecule has 21 heavy (non-hydrogen) atoms. The van der Waals surface area contributed by atoms with E-state index in [1.165, 1.54) is 0 Å². The highest BCUT2D eigenvalue weighted by molar-refractivity contribution is 5.84. The van der Waals surface area contributed by atoms with Gasteiger partial charge in [-0.3, -0.25) is 4.79 Å². The first-order chi connectivity index (χ1) is 10.0. The molecule has 1 heterocycles. The number of benzene rings is 1. The minimum Gasteiger partial charge on any atom is -0.490 e. The summed E-state index contributed by atoms with van der Waals surface area (Å²) in [5.41, 5.74) is 0.735. The highest BCUT2D eigenvalue weighted by Gasteiger charge is 2.16. The summed E-state index contributed by atoms with van der Waals surface area (Å²) in [5, 5.41) is 3.95. The van der Waals surface area contributed by atoms with Crippen LogP contribution in [0.1, 0.15) is 45.9 Å². The maximum atomic E-state index is 11.8. The third-order valence-electron chi connectivity index (χ3n) is 3.22. The second-order valence-electron chi connectivity index (χ2n) is 5.64. The van der Waals surface area contributed by atoms with Crippen molar-refractivity contribution < 1.29 is 13.9 Å². The van der Waals surface area contributed by atoms with Crippen molar-refractivity contribution in [1.82, 2.24) is 5.32 Å². The van der Waals surface area contributed by atoms with Crippen molar-refractivity contribution in [3.05, 3.63) is 30.0 Å². The Bertz CT molecular complexity index is 616. The molecule has 2 rings (SSSR count). The van der Waals surface area contributed by atoms with Crippen molar-refractivity contribution in [2.24, 2.45) is 5.92 Å². The van der Waals surface area contributed by atoms with Gasteiger partial charge < -0.3 is 14.5 Å². The standard InChI is InChI=1S/C17H23NO3/c1-5-20-14-8-6-7-13-10-15(21-17(13)14)12(4)18-16(19)9-11(2)3/h6-8,10-12H,5,9H2,1-4H3,(H,18,19). The molecule has 0 fully saturated rings. The number of amides is 1. The van der Waals surface area contributed by atoms with E-state index < -0.39 is 0 Å². The van der Waals surface area contributed by atoms with Gasteiger partial charge in [0.1, 0.15) is 5.76 Å². The summed E-state index contributed by atoms with van der Waals surface area (Å²) in [6.45, 7) is 8.52. The summed E-state index contributed by atoms with van der Waals surface area (Å²) in [6.07, 6.45) is 0.523. The lowest BCUT2D eigenvalue weighted by molar-refractivity contribution is -0.122. The number of carbonyl (C=O) groups excluding carboxylic acids is 1. The fourth-order valence-corrected chi connectivity index (χ4v) is 2.28. The average molecular weight is 289 g/mol. The van der Waals surface area contributed by atoms with Crippen molar-refractivity contribution in [2.75, 3.05) is 6.61 Å². The first-order valence-electron chi connectivity index (χ1n) is 7.45. The van der Waals surface area contributed by atoms with E-state index in [0.29, 0.717) is 18.9 Å². The van der Waals surface area contributed by atoms with Crippen LogP contribution in [0.3, 0.4) is 0 Å². The summed E-state index contributed by atoms with van der Waals surface area (Å²) in [7, 11) is 0. The Morgan fingerprint density at radius 1 is 1.33 bits per heavy atom. The molecule has 2 aromatic rings. The lowest BCUT2D eigenvalue weighted by atomic mass is 10.1. The van der Waals surface area contributed by atoms with Gasteiger partial charge in [0.05, 0.1) is 12.6 Å². The van der Waals surface area contributed by atoms with E-state index in [4.69, 9.17) is 9.15 Å². The molecule has 1 aromatic carbocycles. The number of nitrogens with one attached hydrogen (secondary N) is 1. The van der Waals surface area contributed by atoms with Crippen LogP contribution in [0.25, 0.3) is 11.0 Å².